The molecule has 0 amide bonds. The van der Waals surface area contributed by atoms with Gasteiger partial charge >= 0.3 is 0 Å². The molecule has 1 aliphatic heterocycles. The summed E-state index contributed by atoms with van der Waals surface area (Å²) in [4.78, 5) is 6.73. The SMILES string of the molecule is c1cncc(CCCN2c3ccccc3CCc3ccccc32)c1. The number of aryl methyl sites for hydroxylation is 3. The first-order valence-electron chi connectivity index (χ1n) is 8.74. The van der Waals surface area contributed by atoms with Crippen molar-refractivity contribution in [3.8, 4) is 0 Å². The van der Waals surface area contributed by atoms with Crippen LogP contribution in [0.15, 0.2) is 73.1 Å². The highest BCUT2D eigenvalue weighted by Crippen LogP contribution is 2.35. The standard InChI is InChI=1S/C22H22N2/c1-3-11-21-19(9-1)13-14-20-10-2-4-12-22(20)24(21)16-6-8-18-7-5-15-23-17-18/h1-5,7,9-12,15,17H,6,8,13-14,16H2. The van der Waals surface area contributed by atoms with Gasteiger partial charge < -0.3 is 4.90 Å². The molecule has 2 heterocycles. The molecule has 0 aliphatic carbocycles. The van der Waals surface area contributed by atoms with Crippen molar-refractivity contribution in [2.75, 3.05) is 11.4 Å². The molecule has 0 atom stereocenters. The molecule has 0 N–H and O–H groups in total. The predicted molar refractivity (Wildman–Crippen MR) is 99.9 cm³/mol. The zero-order chi connectivity index (χ0) is 16.2. The lowest BCUT2D eigenvalue weighted by Crippen LogP contribution is -2.20. The van der Waals surface area contributed by atoms with Crippen LogP contribution in [0.4, 0.5) is 11.4 Å². The Bertz CT molecular complexity index is 763. The van der Waals surface area contributed by atoms with Crippen molar-refractivity contribution in [3.05, 3.63) is 89.7 Å². The number of anilines is 2. The maximum absolute atomic E-state index is 4.22. The second-order valence-corrected chi connectivity index (χ2v) is 6.37. The lowest BCUT2D eigenvalue weighted by Gasteiger charge is -2.27. The van der Waals surface area contributed by atoms with Gasteiger partial charge in [0.1, 0.15) is 0 Å². The lowest BCUT2D eigenvalue weighted by atomic mass is 10.0. The Labute approximate surface area is 143 Å². The quantitative estimate of drug-likeness (QED) is 0.677. The first-order valence-corrected chi connectivity index (χ1v) is 8.74. The van der Waals surface area contributed by atoms with E-state index >= 15 is 0 Å². The second kappa shape index (κ2) is 6.88. The Hall–Kier alpha value is -2.61. The molecule has 0 bridgehead atoms. The fourth-order valence-electron chi connectivity index (χ4n) is 3.60. The van der Waals surface area contributed by atoms with Gasteiger partial charge in [-0.25, -0.2) is 0 Å². The van der Waals surface area contributed by atoms with E-state index in [9.17, 15) is 0 Å². The Morgan fingerprint density at radius 3 is 2.08 bits per heavy atom. The summed E-state index contributed by atoms with van der Waals surface area (Å²) < 4.78 is 0. The van der Waals surface area contributed by atoms with E-state index in [1.165, 1.54) is 28.1 Å². The van der Waals surface area contributed by atoms with Gasteiger partial charge in [0.2, 0.25) is 0 Å². The molecule has 0 spiro atoms. The molecule has 0 fully saturated rings. The molecule has 0 saturated carbocycles. The van der Waals surface area contributed by atoms with Gasteiger partial charge in [-0.2, -0.15) is 0 Å². The molecule has 4 rings (SSSR count). The minimum atomic E-state index is 1.03. The third-order valence-electron chi connectivity index (χ3n) is 4.80. The van der Waals surface area contributed by atoms with Crippen molar-refractivity contribution >= 4 is 11.4 Å². The van der Waals surface area contributed by atoms with Crippen LogP contribution in [0, 0.1) is 0 Å². The molecular weight excluding hydrogens is 292 g/mol. The summed E-state index contributed by atoms with van der Waals surface area (Å²) in [5.41, 5.74) is 6.96. The molecule has 2 nitrogen and oxygen atoms in total. The largest absolute Gasteiger partial charge is 0.341 e. The molecule has 3 aromatic rings. The summed E-state index contributed by atoms with van der Waals surface area (Å²) in [5, 5.41) is 0. The summed E-state index contributed by atoms with van der Waals surface area (Å²) in [6.07, 6.45) is 8.23. The number of nitrogens with zero attached hydrogens (tertiary/aromatic N) is 2. The molecule has 2 heteroatoms. The average molecular weight is 314 g/mol. The Morgan fingerprint density at radius 2 is 1.46 bits per heavy atom. The van der Waals surface area contributed by atoms with Crippen LogP contribution in [0.5, 0.6) is 0 Å². The van der Waals surface area contributed by atoms with Gasteiger partial charge in [-0.15, -0.1) is 0 Å². The molecule has 24 heavy (non-hydrogen) atoms. The van der Waals surface area contributed by atoms with E-state index in [2.05, 4.69) is 64.5 Å². The van der Waals surface area contributed by atoms with Crippen LogP contribution >= 0.6 is 0 Å². The van der Waals surface area contributed by atoms with E-state index in [0.717, 1.165) is 32.2 Å². The predicted octanol–water partition coefficient (Wildman–Crippen LogP) is 4.95. The van der Waals surface area contributed by atoms with Crippen LogP contribution < -0.4 is 4.90 Å². The monoisotopic (exact) mass is 314 g/mol. The first kappa shape index (κ1) is 14.9. The van der Waals surface area contributed by atoms with Crippen molar-refractivity contribution in [2.24, 2.45) is 0 Å². The minimum Gasteiger partial charge on any atom is -0.341 e. The van der Waals surface area contributed by atoms with Crippen molar-refractivity contribution in [2.45, 2.75) is 25.7 Å². The molecule has 0 radical (unpaired) electrons. The third-order valence-corrected chi connectivity index (χ3v) is 4.80. The fraction of sp³-hybridized carbons (Fsp3) is 0.227. The summed E-state index contributed by atoms with van der Waals surface area (Å²) in [6.45, 7) is 1.03. The zero-order valence-electron chi connectivity index (χ0n) is 13.9. The number of fused-ring (bicyclic) bond motifs is 2. The Morgan fingerprint density at radius 1 is 0.792 bits per heavy atom. The highest BCUT2D eigenvalue weighted by Gasteiger charge is 2.19. The van der Waals surface area contributed by atoms with E-state index < -0.39 is 0 Å². The van der Waals surface area contributed by atoms with Crippen LogP contribution in [-0.4, -0.2) is 11.5 Å². The molecule has 1 aromatic heterocycles. The fourth-order valence-corrected chi connectivity index (χ4v) is 3.60. The summed E-state index contributed by atoms with van der Waals surface area (Å²) in [5.74, 6) is 0. The summed E-state index contributed by atoms with van der Waals surface area (Å²) in [7, 11) is 0. The minimum absolute atomic E-state index is 1.03. The van der Waals surface area contributed by atoms with Crippen LogP contribution in [0.25, 0.3) is 0 Å². The number of benzene rings is 2. The molecular formula is C22H22N2. The Balaban J connectivity index is 1.61. The number of pyridine rings is 1. The topological polar surface area (TPSA) is 16.1 Å². The third kappa shape index (κ3) is 3.05. The molecule has 0 unspecified atom stereocenters. The number of hydrogen-bond acceptors (Lipinski definition) is 2. The van der Waals surface area contributed by atoms with Gasteiger partial charge in [-0.05, 0) is 60.6 Å². The van der Waals surface area contributed by atoms with E-state index in [1.807, 2.05) is 18.5 Å². The van der Waals surface area contributed by atoms with Crippen LogP contribution in [0.3, 0.4) is 0 Å². The van der Waals surface area contributed by atoms with Gasteiger partial charge in [0.25, 0.3) is 0 Å². The number of para-hydroxylation sites is 2. The summed E-state index contributed by atoms with van der Waals surface area (Å²) in [6, 6.07) is 21.9. The molecule has 120 valence electrons. The second-order valence-electron chi connectivity index (χ2n) is 6.37. The van der Waals surface area contributed by atoms with E-state index in [4.69, 9.17) is 0 Å². The van der Waals surface area contributed by atoms with Gasteiger partial charge in [-0.1, -0.05) is 42.5 Å². The zero-order valence-corrected chi connectivity index (χ0v) is 13.9. The molecule has 2 aromatic carbocycles. The van der Waals surface area contributed by atoms with Gasteiger partial charge in [-0.3, -0.25) is 4.98 Å². The smallest absolute Gasteiger partial charge is 0.0443 e. The van der Waals surface area contributed by atoms with Gasteiger partial charge in [0.15, 0.2) is 0 Å². The normalized spacial score (nSPS) is 13.1. The van der Waals surface area contributed by atoms with Crippen LogP contribution in [0.2, 0.25) is 0 Å². The van der Waals surface area contributed by atoms with Gasteiger partial charge in [0, 0.05) is 30.3 Å². The van der Waals surface area contributed by atoms with Crippen molar-refractivity contribution < 1.29 is 0 Å². The van der Waals surface area contributed by atoms with Gasteiger partial charge in [0.05, 0.1) is 0 Å². The molecule has 0 saturated heterocycles. The van der Waals surface area contributed by atoms with Crippen LogP contribution in [-0.2, 0) is 19.3 Å². The van der Waals surface area contributed by atoms with E-state index in [-0.39, 0.29) is 0 Å². The number of rotatable bonds is 4. The van der Waals surface area contributed by atoms with E-state index in [1.54, 1.807) is 0 Å². The number of hydrogen-bond donors (Lipinski definition) is 0. The van der Waals surface area contributed by atoms with Crippen LogP contribution in [0.1, 0.15) is 23.1 Å². The number of aromatic nitrogens is 1. The maximum Gasteiger partial charge on any atom is 0.0443 e. The highest BCUT2D eigenvalue weighted by molar-refractivity contribution is 5.71. The first-order chi connectivity index (χ1) is 11.9. The van der Waals surface area contributed by atoms with Crippen molar-refractivity contribution in [3.63, 3.8) is 0 Å². The maximum atomic E-state index is 4.22. The lowest BCUT2D eigenvalue weighted by molar-refractivity contribution is 0.803. The van der Waals surface area contributed by atoms with E-state index in [0.29, 0.717) is 0 Å². The van der Waals surface area contributed by atoms with Crippen molar-refractivity contribution in [1.29, 1.82) is 0 Å². The Kier molecular flexibility index (Phi) is 4.28. The summed E-state index contributed by atoms with van der Waals surface area (Å²) >= 11 is 0. The molecule has 1 aliphatic rings. The average Bonchev–Trinajstić information content (AvgIpc) is 2.80. The highest BCUT2D eigenvalue weighted by atomic mass is 15.1. The van der Waals surface area contributed by atoms with Crippen molar-refractivity contribution in [1.82, 2.24) is 4.98 Å².